The number of hydrogen-bond donors (Lipinski definition) is 1. The molecule has 0 saturated carbocycles. The van der Waals surface area contributed by atoms with Crippen LogP contribution in [0.3, 0.4) is 0 Å². The van der Waals surface area contributed by atoms with Gasteiger partial charge in [-0.2, -0.15) is 13.2 Å². The summed E-state index contributed by atoms with van der Waals surface area (Å²) in [5.41, 5.74) is 0.399. The molecule has 18 heavy (non-hydrogen) atoms. The third-order valence-electron chi connectivity index (χ3n) is 3.18. The fourth-order valence-electron chi connectivity index (χ4n) is 2.10. The number of alkyl halides is 3. The van der Waals surface area contributed by atoms with E-state index in [4.69, 9.17) is 0 Å². The average molecular weight is 259 g/mol. The van der Waals surface area contributed by atoms with Crippen LogP contribution in [-0.4, -0.2) is 13.6 Å². The van der Waals surface area contributed by atoms with Gasteiger partial charge in [0.05, 0.1) is 5.56 Å². The van der Waals surface area contributed by atoms with E-state index < -0.39 is 11.7 Å². The Hall–Kier alpha value is -1.03. The molecule has 0 saturated heterocycles. The predicted octanol–water partition coefficient (Wildman–Crippen LogP) is 4.05. The molecule has 0 fully saturated rings. The van der Waals surface area contributed by atoms with Crippen molar-refractivity contribution in [1.82, 2.24) is 5.32 Å². The van der Waals surface area contributed by atoms with Crippen molar-refractivity contribution in [2.24, 2.45) is 5.92 Å². The van der Waals surface area contributed by atoms with E-state index in [2.05, 4.69) is 19.2 Å². The molecule has 1 aromatic carbocycles. The first-order chi connectivity index (χ1) is 8.36. The highest BCUT2D eigenvalue weighted by atomic mass is 19.4. The topological polar surface area (TPSA) is 12.0 Å². The summed E-state index contributed by atoms with van der Waals surface area (Å²) in [6, 6.07) is 5.54. The summed E-state index contributed by atoms with van der Waals surface area (Å²) in [5, 5.41) is 3.08. The first-order valence-corrected chi connectivity index (χ1v) is 6.18. The third-order valence-corrected chi connectivity index (χ3v) is 3.18. The molecule has 1 aromatic rings. The van der Waals surface area contributed by atoms with E-state index in [1.165, 1.54) is 12.1 Å². The minimum Gasteiger partial charge on any atom is -0.320 e. The zero-order chi connectivity index (χ0) is 13.8. The van der Waals surface area contributed by atoms with Crippen LogP contribution in [0, 0.1) is 5.92 Å². The molecule has 1 rings (SSSR count). The SMILES string of the molecule is CNCCC(c1ccc(C(F)(F)F)cc1)C(C)C. The first-order valence-electron chi connectivity index (χ1n) is 6.18. The van der Waals surface area contributed by atoms with Crippen LogP contribution in [0.2, 0.25) is 0 Å². The Labute approximate surface area is 106 Å². The smallest absolute Gasteiger partial charge is 0.320 e. The van der Waals surface area contributed by atoms with Gasteiger partial charge in [-0.05, 0) is 49.5 Å². The van der Waals surface area contributed by atoms with Gasteiger partial charge < -0.3 is 5.32 Å². The Morgan fingerprint density at radius 1 is 1.11 bits per heavy atom. The first kappa shape index (κ1) is 15.0. The molecule has 4 heteroatoms. The number of nitrogens with one attached hydrogen (secondary N) is 1. The van der Waals surface area contributed by atoms with Gasteiger partial charge >= 0.3 is 6.18 Å². The monoisotopic (exact) mass is 259 g/mol. The largest absolute Gasteiger partial charge is 0.416 e. The van der Waals surface area contributed by atoms with Gasteiger partial charge in [0.2, 0.25) is 0 Å². The maximum absolute atomic E-state index is 12.5. The molecule has 1 nitrogen and oxygen atoms in total. The van der Waals surface area contributed by atoms with E-state index in [1.54, 1.807) is 12.1 Å². The quantitative estimate of drug-likeness (QED) is 0.841. The lowest BCUT2D eigenvalue weighted by atomic mass is 9.85. The number of benzene rings is 1. The van der Waals surface area contributed by atoms with Gasteiger partial charge in [0, 0.05) is 0 Å². The summed E-state index contributed by atoms with van der Waals surface area (Å²) in [4.78, 5) is 0. The van der Waals surface area contributed by atoms with Crippen LogP contribution in [-0.2, 0) is 6.18 Å². The van der Waals surface area contributed by atoms with Crippen LogP contribution in [0.15, 0.2) is 24.3 Å². The molecule has 0 heterocycles. The minimum atomic E-state index is -4.25. The summed E-state index contributed by atoms with van der Waals surface area (Å²) in [5.74, 6) is 0.704. The summed E-state index contributed by atoms with van der Waals surface area (Å²) >= 11 is 0. The summed E-state index contributed by atoms with van der Waals surface area (Å²) < 4.78 is 37.4. The molecule has 0 amide bonds. The summed E-state index contributed by atoms with van der Waals surface area (Å²) in [7, 11) is 1.88. The van der Waals surface area contributed by atoms with Crippen LogP contribution in [0.5, 0.6) is 0 Å². The molecule has 0 bridgehead atoms. The highest BCUT2D eigenvalue weighted by Crippen LogP contribution is 2.32. The van der Waals surface area contributed by atoms with Gasteiger partial charge in [-0.15, -0.1) is 0 Å². The molecular weight excluding hydrogens is 239 g/mol. The Balaban J connectivity index is 2.87. The van der Waals surface area contributed by atoms with E-state index in [0.717, 1.165) is 18.5 Å². The normalized spacial score (nSPS) is 13.9. The van der Waals surface area contributed by atoms with Gasteiger partial charge in [-0.1, -0.05) is 26.0 Å². The zero-order valence-corrected chi connectivity index (χ0v) is 11.0. The Morgan fingerprint density at radius 2 is 1.67 bits per heavy atom. The molecule has 1 N–H and O–H groups in total. The van der Waals surface area contributed by atoms with E-state index in [1.807, 2.05) is 7.05 Å². The van der Waals surface area contributed by atoms with Crippen molar-refractivity contribution in [2.45, 2.75) is 32.4 Å². The van der Waals surface area contributed by atoms with Gasteiger partial charge in [-0.3, -0.25) is 0 Å². The van der Waals surface area contributed by atoms with E-state index >= 15 is 0 Å². The molecular formula is C14H20F3N. The maximum atomic E-state index is 12.5. The second-order valence-corrected chi connectivity index (χ2v) is 4.86. The van der Waals surface area contributed by atoms with Crippen molar-refractivity contribution in [1.29, 1.82) is 0 Å². The molecule has 0 radical (unpaired) electrons. The minimum absolute atomic E-state index is 0.291. The van der Waals surface area contributed by atoms with Gasteiger partial charge in [0.1, 0.15) is 0 Å². The summed E-state index contributed by atoms with van der Waals surface area (Å²) in [6.07, 6.45) is -3.32. The van der Waals surface area contributed by atoms with Gasteiger partial charge in [0.25, 0.3) is 0 Å². The van der Waals surface area contributed by atoms with Crippen molar-refractivity contribution < 1.29 is 13.2 Å². The second kappa shape index (κ2) is 6.23. The molecule has 0 aliphatic carbocycles. The molecule has 0 aliphatic rings. The van der Waals surface area contributed by atoms with Crippen molar-refractivity contribution in [2.75, 3.05) is 13.6 Å². The predicted molar refractivity (Wildman–Crippen MR) is 67.6 cm³/mol. The highest BCUT2D eigenvalue weighted by Gasteiger charge is 2.30. The lowest BCUT2D eigenvalue weighted by Gasteiger charge is -2.21. The highest BCUT2D eigenvalue weighted by molar-refractivity contribution is 5.27. The molecule has 0 aromatic heterocycles. The molecule has 102 valence electrons. The standard InChI is InChI=1S/C14H20F3N/c1-10(2)13(8-9-18-3)11-4-6-12(7-5-11)14(15,16)17/h4-7,10,13,18H,8-9H2,1-3H3. The number of hydrogen-bond acceptors (Lipinski definition) is 1. The Bertz CT molecular complexity index is 354. The molecule has 0 aliphatic heterocycles. The Kier molecular flexibility index (Phi) is 5.20. The fourth-order valence-corrected chi connectivity index (χ4v) is 2.10. The fraction of sp³-hybridized carbons (Fsp3) is 0.571. The Morgan fingerprint density at radius 3 is 2.06 bits per heavy atom. The molecule has 1 atom stereocenters. The van der Waals surface area contributed by atoms with Crippen molar-refractivity contribution >= 4 is 0 Å². The van der Waals surface area contributed by atoms with E-state index in [9.17, 15) is 13.2 Å². The van der Waals surface area contributed by atoms with Crippen LogP contribution in [0.4, 0.5) is 13.2 Å². The van der Waals surface area contributed by atoms with Gasteiger partial charge in [-0.25, -0.2) is 0 Å². The third kappa shape index (κ3) is 4.02. The summed E-state index contributed by atoms with van der Waals surface area (Å²) in [6.45, 7) is 5.06. The number of halogens is 3. The van der Waals surface area contributed by atoms with Crippen LogP contribution >= 0.6 is 0 Å². The van der Waals surface area contributed by atoms with E-state index in [0.29, 0.717) is 11.8 Å². The zero-order valence-electron chi connectivity index (χ0n) is 11.0. The van der Waals surface area contributed by atoms with Crippen molar-refractivity contribution in [3.8, 4) is 0 Å². The van der Waals surface area contributed by atoms with Crippen LogP contribution < -0.4 is 5.32 Å². The number of rotatable bonds is 5. The second-order valence-electron chi connectivity index (χ2n) is 4.86. The maximum Gasteiger partial charge on any atom is 0.416 e. The molecule has 1 unspecified atom stereocenters. The van der Waals surface area contributed by atoms with Crippen LogP contribution in [0.1, 0.15) is 37.3 Å². The van der Waals surface area contributed by atoms with Crippen LogP contribution in [0.25, 0.3) is 0 Å². The molecule has 0 spiro atoms. The van der Waals surface area contributed by atoms with Crippen molar-refractivity contribution in [3.05, 3.63) is 35.4 Å². The van der Waals surface area contributed by atoms with Gasteiger partial charge in [0.15, 0.2) is 0 Å². The van der Waals surface area contributed by atoms with Crippen molar-refractivity contribution in [3.63, 3.8) is 0 Å². The lowest BCUT2D eigenvalue weighted by Crippen LogP contribution is -2.16. The van der Waals surface area contributed by atoms with E-state index in [-0.39, 0.29) is 0 Å². The average Bonchev–Trinajstić information content (AvgIpc) is 2.28. The lowest BCUT2D eigenvalue weighted by molar-refractivity contribution is -0.137.